The van der Waals surface area contributed by atoms with Gasteiger partial charge in [0.1, 0.15) is 0 Å². The maximum atomic E-state index is 11.5. The number of carboxylic acids is 1. The predicted octanol–water partition coefficient (Wildman–Crippen LogP) is 3.92. The molecule has 2 nitrogen and oxygen atoms in total. The van der Waals surface area contributed by atoms with Gasteiger partial charge in [-0.05, 0) is 30.9 Å². The molecule has 0 bridgehead atoms. The van der Waals surface area contributed by atoms with Crippen molar-refractivity contribution in [2.75, 3.05) is 0 Å². The van der Waals surface area contributed by atoms with E-state index in [9.17, 15) is 9.90 Å². The maximum absolute atomic E-state index is 11.5. The van der Waals surface area contributed by atoms with Crippen molar-refractivity contribution in [2.24, 2.45) is 5.41 Å². The Balaban J connectivity index is 2.24. The van der Waals surface area contributed by atoms with Gasteiger partial charge in [0.05, 0.1) is 5.41 Å². The Kier molecular flexibility index (Phi) is 3.72. The lowest BCUT2D eigenvalue weighted by molar-refractivity contribution is -0.151. The Morgan fingerprint density at radius 1 is 1.24 bits per heavy atom. The molecule has 1 aromatic rings. The molecule has 0 heterocycles. The van der Waals surface area contributed by atoms with E-state index in [1.165, 1.54) is 0 Å². The van der Waals surface area contributed by atoms with Crippen molar-refractivity contribution in [1.82, 2.24) is 0 Å². The molecule has 1 N–H and O–H groups in total. The fraction of sp³-hybridized carbons (Fsp3) is 0.500. The Morgan fingerprint density at radius 3 is 2.47 bits per heavy atom. The van der Waals surface area contributed by atoms with Crippen LogP contribution in [0.1, 0.15) is 37.7 Å². The molecule has 17 heavy (non-hydrogen) atoms. The molecule has 0 saturated heterocycles. The Labute approximate surface area is 107 Å². The third-order valence-corrected chi connectivity index (χ3v) is 4.12. The number of hydrogen-bond donors (Lipinski definition) is 1. The molecule has 1 saturated carbocycles. The van der Waals surface area contributed by atoms with Crippen LogP contribution in [-0.4, -0.2) is 11.1 Å². The highest BCUT2D eigenvalue weighted by Crippen LogP contribution is 2.40. The van der Waals surface area contributed by atoms with Crippen molar-refractivity contribution in [3.8, 4) is 0 Å². The highest BCUT2D eigenvalue weighted by atomic mass is 35.5. The number of carboxylic acid groups (broad SMARTS) is 1. The molecule has 3 heteroatoms. The van der Waals surface area contributed by atoms with Gasteiger partial charge in [-0.15, -0.1) is 0 Å². The van der Waals surface area contributed by atoms with Crippen LogP contribution < -0.4 is 0 Å². The van der Waals surface area contributed by atoms with Gasteiger partial charge in [0.25, 0.3) is 0 Å². The summed E-state index contributed by atoms with van der Waals surface area (Å²) < 4.78 is 0. The van der Waals surface area contributed by atoms with Gasteiger partial charge in [0.15, 0.2) is 0 Å². The molecule has 1 aromatic carbocycles. The number of halogens is 1. The van der Waals surface area contributed by atoms with Gasteiger partial charge in [-0.25, -0.2) is 0 Å². The van der Waals surface area contributed by atoms with Gasteiger partial charge in [0.2, 0.25) is 0 Å². The average molecular weight is 253 g/mol. The van der Waals surface area contributed by atoms with Crippen molar-refractivity contribution in [1.29, 1.82) is 0 Å². The average Bonchev–Trinajstić information content (AvgIpc) is 2.33. The summed E-state index contributed by atoms with van der Waals surface area (Å²) in [6.45, 7) is 0. The molecule has 0 aromatic heterocycles. The van der Waals surface area contributed by atoms with Gasteiger partial charge in [-0.2, -0.15) is 0 Å². The van der Waals surface area contributed by atoms with Crippen LogP contribution in [0, 0.1) is 5.41 Å². The van der Waals surface area contributed by atoms with E-state index in [1.54, 1.807) is 0 Å². The number of hydrogen-bond acceptors (Lipinski definition) is 1. The minimum Gasteiger partial charge on any atom is -0.481 e. The normalized spacial score (nSPS) is 18.9. The molecule has 0 amide bonds. The summed E-state index contributed by atoms with van der Waals surface area (Å²) in [7, 11) is 0. The Morgan fingerprint density at radius 2 is 1.88 bits per heavy atom. The molecule has 0 atom stereocenters. The zero-order valence-electron chi connectivity index (χ0n) is 9.79. The minimum atomic E-state index is -0.669. The number of carbonyl (C=O) groups is 1. The van der Waals surface area contributed by atoms with Crippen LogP contribution in [0.4, 0.5) is 0 Å². The van der Waals surface area contributed by atoms with Gasteiger partial charge in [-0.3, -0.25) is 4.79 Å². The van der Waals surface area contributed by atoms with Gasteiger partial charge >= 0.3 is 5.97 Å². The first-order valence-corrected chi connectivity index (χ1v) is 6.49. The van der Waals surface area contributed by atoms with Gasteiger partial charge in [0, 0.05) is 5.02 Å². The molecule has 0 spiro atoms. The molecule has 92 valence electrons. The summed E-state index contributed by atoms with van der Waals surface area (Å²) in [6.07, 6.45) is 5.27. The minimum absolute atomic E-state index is 0.558. The zero-order valence-corrected chi connectivity index (χ0v) is 10.5. The SMILES string of the molecule is O=C(O)C1(Cc2ccccc2Cl)CCCCC1. The molecule has 0 radical (unpaired) electrons. The van der Waals surface area contributed by atoms with E-state index in [0.717, 1.165) is 37.7 Å². The van der Waals surface area contributed by atoms with E-state index in [0.29, 0.717) is 11.4 Å². The number of aliphatic carboxylic acids is 1. The maximum Gasteiger partial charge on any atom is 0.309 e. The van der Waals surface area contributed by atoms with Crippen LogP contribution in [-0.2, 0) is 11.2 Å². The second-order valence-corrected chi connectivity index (χ2v) is 5.32. The van der Waals surface area contributed by atoms with E-state index < -0.39 is 11.4 Å². The van der Waals surface area contributed by atoms with Crippen LogP contribution in [0.3, 0.4) is 0 Å². The zero-order chi connectivity index (χ0) is 12.3. The third-order valence-electron chi connectivity index (χ3n) is 3.75. The van der Waals surface area contributed by atoms with Crippen LogP contribution in [0.15, 0.2) is 24.3 Å². The van der Waals surface area contributed by atoms with E-state index in [1.807, 2.05) is 24.3 Å². The highest BCUT2D eigenvalue weighted by Gasteiger charge is 2.39. The van der Waals surface area contributed by atoms with Gasteiger partial charge in [-0.1, -0.05) is 49.1 Å². The monoisotopic (exact) mass is 252 g/mol. The first-order chi connectivity index (χ1) is 8.14. The standard InChI is InChI=1S/C14H17ClO2/c15-12-7-3-2-6-11(12)10-14(13(16)17)8-4-1-5-9-14/h2-3,6-7H,1,4-5,8-10H2,(H,16,17). The fourth-order valence-corrected chi connectivity index (χ4v) is 2.90. The van der Waals surface area contributed by atoms with Crippen molar-refractivity contribution in [3.63, 3.8) is 0 Å². The van der Waals surface area contributed by atoms with E-state index >= 15 is 0 Å². The van der Waals surface area contributed by atoms with E-state index in [2.05, 4.69) is 0 Å². The molecular weight excluding hydrogens is 236 g/mol. The van der Waals surface area contributed by atoms with Crippen LogP contribution in [0.5, 0.6) is 0 Å². The lowest BCUT2D eigenvalue weighted by Gasteiger charge is -2.33. The second-order valence-electron chi connectivity index (χ2n) is 4.91. The molecule has 2 rings (SSSR count). The van der Waals surface area contributed by atoms with Crippen molar-refractivity contribution in [3.05, 3.63) is 34.9 Å². The summed E-state index contributed by atoms with van der Waals surface area (Å²) in [4.78, 5) is 11.5. The highest BCUT2D eigenvalue weighted by molar-refractivity contribution is 6.31. The summed E-state index contributed by atoms with van der Waals surface area (Å²) in [5, 5.41) is 10.2. The molecule has 1 aliphatic carbocycles. The molecule has 0 unspecified atom stereocenters. The Bertz CT molecular complexity index is 408. The summed E-state index contributed by atoms with van der Waals surface area (Å²) in [5.41, 5.74) is 0.363. The second kappa shape index (κ2) is 5.09. The number of benzene rings is 1. The summed E-state index contributed by atoms with van der Waals surface area (Å²) in [6, 6.07) is 7.55. The fourth-order valence-electron chi connectivity index (χ4n) is 2.70. The number of rotatable bonds is 3. The molecule has 0 aliphatic heterocycles. The lowest BCUT2D eigenvalue weighted by atomic mass is 9.70. The molecular formula is C14H17ClO2. The molecule has 1 fully saturated rings. The van der Waals surface area contributed by atoms with E-state index in [4.69, 9.17) is 11.6 Å². The third kappa shape index (κ3) is 2.63. The summed E-state index contributed by atoms with van der Waals surface area (Å²) >= 11 is 6.12. The quantitative estimate of drug-likeness (QED) is 0.885. The van der Waals surface area contributed by atoms with Crippen molar-refractivity contribution < 1.29 is 9.90 Å². The smallest absolute Gasteiger partial charge is 0.309 e. The van der Waals surface area contributed by atoms with Crippen LogP contribution in [0.2, 0.25) is 5.02 Å². The first kappa shape index (κ1) is 12.4. The topological polar surface area (TPSA) is 37.3 Å². The van der Waals surface area contributed by atoms with Crippen molar-refractivity contribution in [2.45, 2.75) is 38.5 Å². The first-order valence-electron chi connectivity index (χ1n) is 6.11. The van der Waals surface area contributed by atoms with Crippen molar-refractivity contribution >= 4 is 17.6 Å². The predicted molar refractivity (Wildman–Crippen MR) is 68.3 cm³/mol. The van der Waals surface area contributed by atoms with Gasteiger partial charge < -0.3 is 5.11 Å². The largest absolute Gasteiger partial charge is 0.481 e. The van der Waals surface area contributed by atoms with Crippen LogP contribution >= 0.6 is 11.6 Å². The van der Waals surface area contributed by atoms with Crippen LogP contribution in [0.25, 0.3) is 0 Å². The lowest BCUT2D eigenvalue weighted by Crippen LogP contribution is -2.35. The summed E-state index contributed by atoms with van der Waals surface area (Å²) in [5.74, 6) is -0.669. The van der Waals surface area contributed by atoms with E-state index in [-0.39, 0.29) is 0 Å². The molecule has 1 aliphatic rings. The Hall–Kier alpha value is -1.02.